The van der Waals surface area contributed by atoms with Gasteiger partial charge in [0.1, 0.15) is 11.5 Å². The zero-order chi connectivity index (χ0) is 27.5. The van der Waals surface area contributed by atoms with E-state index in [0.29, 0.717) is 32.7 Å². The van der Waals surface area contributed by atoms with Crippen LogP contribution in [0.3, 0.4) is 0 Å². The van der Waals surface area contributed by atoms with Crippen LogP contribution < -0.4 is 15.2 Å². The van der Waals surface area contributed by atoms with E-state index in [4.69, 9.17) is 15.2 Å². The highest BCUT2D eigenvalue weighted by Gasteiger charge is 2.19. The number of benzene rings is 2. The van der Waals surface area contributed by atoms with Gasteiger partial charge < -0.3 is 25.0 Å². The fraction of sp³-hybridized carbons (Fsp3) is 0.400. The number of allylic oxidation sites excluding steroid dienone is 2. The minimum absolute atomic E-state index is 0.0149. The summed E-state index contributed by atoms with van der Waals surface area (Å²) in [6.07, 6.45) is 6.79. The smallest absolute Gasteiger partial charge is 0.264 e. The molecule has 1 aromatic heterocycles. The summed E-state index contributed by atoms with van der Waals surface area (Å²) in [5.74, 6) is 1.61. The first kappa shape index (κ1) is 29.2. The summed E-state index contributed by atoms with van der Waals surface area (Å²) in [4.78, 5) is 29.0. The third-order valence-electron chi connectivity index (χ3n) is 6.69. The first-order valence-corrected chi connectivity index (χ1v) is 13.9. The minimum Gasteiger partial charge on any atom is -0.497 e. The molecule has 0 radical (unpaired) electrons. The average molecular weight is 538 g/mol. The lowest BCUT2D eigenvalue weighted by Gasteiger charge is -2.25. The lowest BCUT2D eigenvalue weighted by Crippen LogP contribution is -2.38. The molecule has 204 valence electrons. The Bertz CT molecular complexity index is 1180. The number of carbonyl (C=O) groups is 2. The highest BCUT2D eigenvalue weighted by atomic mass is 32.1. The number of nitrogens with zero attached hydrogens (tertiary/aromatic N) is 2. The molecule has 0 aliphatic heterocycles. The van der Waals surface area contributed by atoms with Gasteiger partial charge in [-0.15, -0.1) is 11.3 Å². The predicted molar refractivity (Wildman–Crippen MR) is 155 cm³/mol. The summed E-state index contributed by atoms with van der Waals surface area (Å²) in [5, 5.41) is 1.08. The Balaban J connectivity index is 1.67. The van der Waals surface area contributed by atoms with Crippen molar-refractivity contribution < 1.29 is 19.1 Å². The van der Waals surface area contributed by atoms with Gasteiger partial charge in [-0.25, -0.2) is 0 Å². The van der Waals surface area contributed by atoms with E-state index < -0.39 is 0 Å². The van der Waals surface area contributed by atoms with Gasteiger partial charge in [-0.05, 0) is 48.9 Å². The Hall–Kier alpha value is -3.36. The fourth-order valence-electron chi connectivity index (χ4n) is 4.52. The van der Waals surface area contributed by atoms with Crippen molar-refractivity contribution in [2.75, 3.05) is 40.4 Å². The molecule has 0 unspecified atom stereocenters. The first-order chi connectivity index (χ1) is 18.4. The van der Waals surface area contributed by atoms with E-state index in [1.165, 1.54) is 11.3 Å². The van der Waals surface area contributed by atoms with Crippen LogP contribution in [-0.2, 0) is 11.3 Å². The maximum atomic E-state index is 13.4. The highest BCUT2D eigenvalue weighted by Crippen LogP contribution is 2.35. The zero-order valence-electron chi connectivity index (χ0n) is 22.8. The molecule has 0 aliphatic rings. The standard InChI is InChI=1S/C30H39N3O4S/c1-5-32(21-34)15-16-33(30(35)28-18-23-12-8-9-13-27(23)38-28)14-10-6-7-11-22(2)29-24(20-31)17-25(36-3)19-26(29)37-4/h7-9,11-13,17-19,21-22H,5-6,10,14-16,20,31H2,1-4H3/b11-7+/t22-/m0/s1. The van der Waals surface area contributed by atoms with Crippen molar-refractivity contribution in [3.05, 3.63) is 70.6 Å². The summed E-state index contributed by atoms with van der Waals surface area (Å²) < 4.78 is 12.1. The van der Waals surface area contributed by atoms with Crippen LogP contribution >= 0.6 is 11.3 Å². The Morgan fingerprint density at radius 1 is 1.11 bits per heavy atom. The second kappa shape index (κ2) is 14.5. The molecule has 0 saturated heterocycles. The van der Waals surface area contributed by atoms with Crippen LogP contribution in [-0.4, -0.2) is 62.5 Å². The molecule has 8 heteroatoms. The molecule has 0 fully saturated rings. The van der Waals surface area contributed by atoms with Crippen molar-refractivity contribution in [1.29, 1.82) is 0 Å². The molecule has 1 heterocycles. The topological polar surface area (TPSA) is 85.1 Å². The van der Waals surface area contributed by atoms with Crippen molar-refractivity contribution in [2.24, 2.45) is 5.73 Å². The molecule has 3 rings (SSSR count). The number of unbranched alkanes of at least 4 members (excludes halogenated alkanes) is 1. The van der Waals surface area contributed by atoms with E-state index in [1.807, 2.05) is 54.3 Å². The van der Waals surface area contributed by atoms with Crippen molar-refractivity contribution in [3.63, 3.8) is 0 Å². The van der Waals surface area contributed by atoms with Crippen molar-refractivity contribution in [1.82, 2.24) is 9.80 Å². The summed E-state index contributed by atoms with van der Waals surface area (Å²) in [6.45, 7) is 6.70. The summed E-state index contributed by atoms with van der Waals surface area (Å²) >= 11 is 1.51. The average Bonchev–Trinajstić information content (AvgIpc) is 3.39. The van der Waals surface area contributed by atoms with Gasteiger partial charge in [0, 0.05) is 55.0 Å². The van der Waals surface area contributed by atoms with Crippen LogP contribution in [0.15, 0.2) is 54.6 Å². The Morgan fingerprint density at radius 3 is 2.55 bits per heavy atom. The normalized spacial score (nSPS) is 12.0. The Labute approximate surface area is 229 Å². The van der Waals surface area contributed by atoms with E-state index in [0.717, 1.165) is 56.8 Å². The van der Waals surface area contributed by atoms with Gasteiger partial charge in [-0.2, -0.15) is 0 Å². The molecule has 38 heavy (non-hydrogen) atoms. The maximum absolute atomic E-state index is 13.4. The monoisotopic (exact) mass is 537 g/mol. The number of carbonyl (C=O) groups excluding carboxylic acids is 2. The van der Waals surface area contributed by atoms with Crippen molar-refractivity contribution >= 4 is 33.7 Å². The molecule has 2 aromatic carbocycles. The molecule has 0 spiro atoms. The van der Waals surface area contributed by atoms with E-state index in [2.05, 4.69) is 19.1 Å². The molecule has 3 aromatic rings. The molecule has 1 atom stereocenters. The van der Waals surface area contributed by atoms with Gasteiger partial charge in [0.05, 0.1) is 19.1 Å². The lowest BCUT2D eigenvalue weighted by molar-refractivity contribution is -0.118. The summed E-state index contributed by atoms with van der Waals surface area (Å²) in [7, 11) is 3.28. The van der Waals surface area contributed by atoms with Gasteiger partial charge >= 0.3 is 0 Å². The van der Waals surface area contributed by atoms with E-state index in [-0.39, 0.29) is 11.8 Å². The van der Waals surface area contributed by atoms with Gasteiger partial charge in [-0.1, -0.05) is 37.3 Å². The fourth-order valence-corrected chi connectivity index (χ4v) is 5.55. The number of nitrogens with two attached hydrogens (primary N) is 1. The number of amides is 2. The first-order valence-electron chi connectivity index (χ1n) is 13.0. The second-order valence-electron chi connectivity index (χ2n) is 9.14. The molecular weight excluding hydrogens is 498 g/mol. The molecule has 7 nitrogen and oxygen atoms in total. The molecule has 0 saturated carbocycles. The third-order valence-corrected chi connectivity index (χ3v) is 7.80. The second-order valence-corrected chi connectivity index (χ2v) is 10.2. The maximum Gasteiger partial charge on any atom is 0.264 e. The van der Waals surface area contributed by atoms with Crippen LogP contribution in [0.1, 0.15) is 53.4 Å². The Kier molecular flexibility index (Phi) is 11.2. The molecule has 0 bridgehead atoms. The summed E-state index contributed by atoms with van der Waals surface area (Å²) in [5.41, 5.74) is 8.07. The van der Waals surface area contributed by atoms with Crippen molar-refractivity contribution in [3.8, 4) is 11.5 Å². The van der Waals surface area contributed by atoms with Gasteiger partial charge in [-0.3, -0.25) is 9.59 Å². The number of methoxy groups -OCH3 is 2. The number of ether oxygens (including phenoxy) is 2. The zero-order valence-corrected chi connectivity index (χ0v) is 23.6. The quantitative estimate of drug-likeness (QED) is 0.159. The van der Waals surface area contributed by atoms with E-state index in [1.54, 1.807) is 19.1 Å². The molecule has 0 aliphatic carbocycles. The Morgan fingerprint density at radius 2 is 1.89 bits per heavy atom. The number of rotatable bonds is 15. The number of hydrogen-bond donors (Lipinski definition) is 1. The van der Waals surface area contributed by atoms with Gasteiger partial charge in [0.2, 0.25) is 6.41 Å². The van der Waals surface area contributed by atoms with Crippen LogP contribution in [0, 0.1) is 0 Å². The van der Waals surface area contributed by atoms with Crippen LogP contribution in [0.5, 0.6) is 11.5 Å². The molecule has 2 N–H and O–H groups in total. The molecular formula is C30H39N3O4S. The van der Waals surface area contributed by atoms with Crippen LogP contribution in [0.2, 0.25) is 0 Å². The van der Waals surface area contributed by atoms with Gasteiger partial charge in [0.15, 0.2) is 0 Å². The highest BCUT2D eigenvalue weighted by molar-refractivity contribution is 7.20. The number of fused-ring (bicyclic) bond motifs is 1. The number of hydrogen-bond acceptors (Lipinski definition) is 6. The number of likely N-dealkylation sites (N-methyl/N-ethyl adjacent to an activating group) is 1. The minimum atomic E-state index is 0.0149. The van der Waals surface area contributed by atoms with E-state index >= 15 is 0 Å². The SMILES string of the molecule is CCN(C=O)CCN(CCC/C=C/[C@H](C)c1c(CN)cc(OC)cc1OC)C(=O)c1cc2ccccc2s1. The largest absolute Gasteiger partial charge is 0.497 e. The molecule has 2 amide bonds. The van der Waals surface area contributed by atoms with Crippen LogP contribution in [0.25, 0.3) is 10.1 Å². The van der Waals surface area contributed by atoms with E-state index in [9.17, 15) is 9.59 Å². The third kappa shape index (κ3) is 7.36. The lowest BCUT2D eigenvalue weighted by atomic mass is 9.93. The van der Waals surface area contributed by atoms with Crippen LogP contribution in [0.4, 0.5) is 0 Å². The number of thiophene rings is 1. The summed E-state index contributed by atoms with van der Waals surface area (Å²) in [6, 6.07) is 13.8. The van der Waals surface area contributed by atoms with Gasteiger partial charge in [0.25, 0.3) is 5.91 Å². The van der Waals surface area contributed by atoms with Crippen molar-refractivity contribution in [2.45, 2.75) is 39.2 Å². The predicted octanol–water partition coefficient (Wildman–Crippen LogP) is 5.44.